The number of aromatic nitrogens is 4. The van der Waals surface area contributed by atoms with Crippen molar-refractivity contribution in [1.29, 1.82) is 0 Å². The van der Waals surface area contributed by atoms with Crippen molar-refractivity contribution >= 4 is 5.91 Å². The van der Waals surface area contributed by atoms with Crippen LogP contribution in [0.15, 0.2) is 18.7 Å². The molecule has 3 heterocycles. The summed E-state index contributed by atoms with van der Waals surface area (Å²) in [5, 5.41) is 3.01. The lowest BCUT2D eigenvalue weighted by Gasteiger charge is -2.31. The van der Waals surface area contributed by atoms with Gasteiger partial charge in [0, 0.05) is 36.7 Å². The fourth-order valence-electron chi connectivity index (χ4n) is 3.02. The number of imidazole rings is 1. The van der Waals surface area contributed by atoms with Crippen molar-refractivity contribution in [2.75, 3.05) is 19.6 Å². The number of carbonyl (C=O) groups excluding carboxylic acids is 1. The monoisotopic (exact) mass is 328 g/mol. The number of likely N-dealkylation sites (tertiary alicyclic amines) is 1. The van der Waals surface area contributed by atoms with Crippen molar-refractivity contribution in [3.8, 4) is 0 Å². The van der Waals surface area contributed by atoms with Crippen LogP contribution in [0, 0.1) is 19.8 Å². The van der Waals surface area contributed by atoms with Gasteiger partial charge in [-0.15, -0.1) is 0 Å². The molecule has 0 spiro atoms. The summed E-state index contributed by atoms with van der Waals surface area (Å²) < 4.78 is 0. The number of rotatable bonds is 5. The Labute approximate surface area is 141 Å². The maximum absolute atomic E-state index is 12.1. The van der Waals surface area contributed by atoms with Gasteiger partial charge in [0.2, 0.25) is 0 Å². The second-order valence-electron chi connectivity index (χ2n) is 6.44. The van der Waals surface area contributed by atoms with E-state index < -0.39 is 0 Å². The van der Waals surface area contributed by atoms with Crippen LogP contribution in [0.4, 0.5) is 0 Å². The number of aryl methyl sites for hydroxylation is 2. The second-order valence-corrected chi connectivity index (χ2v) is 6.44. The van der Waals surface area contributed by atoms with Gasteiger partial charge in [0.15, 0.2) is 0 Å². The number of hydrogen-bond acceptors (Lipinski definition) is 5. The first-order valence-electron chi connectivity index (χ1n) is 8.40. The number of amides is 1. The molecule has 7 heteroatoms. The van der Waals surface area contributed by atoms with Crippen molar-refractivity contribution in [3.05, 3.63) is 41.5 Å². The fourth-order valence-corrected chi connectivity index (χ4v) is 3.02. The molecule has 0 unspecified atom stereocenters. The summed E-state index contributed by atoms with van der Waals surface area (Å²) in [7, 11) is 0. The number of nitrogens with zero attached hydrogens (tertiary/aromatic N) is 4. The van der Waals surface area contributed by atoms with Gasteiger partial charge in [-0.3, -0.25) is 9.69 Å². The van der Waals surface area contributed by atoms with E-state index in [1.807, 2.05) is 26.2 Å². The molecule has 0 aromatic carbocycles. The molecule has 0 aliphatic carbocycles. The number of piperidine rings is 1. The van der Waals surface area contributed by atoms with Gasteiger partial charge in [0.25, 0.3) is 5.91 Å². The first-order chi connectivity index (χ1) is 11.6. The van der Waals surface area contributed by atoms with E-state index in [9.17, 15) is 4.79 Å². The number of hydrogen-bond donors (Lipinski definition) is 2. The van der Waals surface area contributed by atoms with Crippen molar-refractivity contribution in [3.63, 3.8) is 0 Å². The third kappa shape index (κ3) is 4.17. The van der Waals surface area contributed by atoms with E-state index >= 15 is 0 Å². The quantitative estimate of drug-likeness (QED) is 0.868. The number of carbonyl (C=O) groups is 1. The predicted molar refractivity (Wildman–Crippen MR) is 90.4 cm³/mol. The number of H-pyrrole nitrogens is 1. The van der Waals surface area contributed by atoms with E-state index in [0.717, 1.165) is 49.6 Å². The molecule has 1 aliphatic rings. The van der Waals surface area contributed by atoms with Crippen molar-refractivity contribution < 1.29 is 4.79 Å². The fraction of sp³-hybridized carbons (Fsp3) is 0.529. The van der Waals surface area contributed by atoms with Gasteiger partial charge in [-0.2, -0.15) is 0 Å². The molecule has 128 valence electrons. The van der Waals surface area contributed by atoms with Crippen LogP contribution in [0.5, 0.6) is 0 Å². The highest BCUT2D eigenvalue weighted by atomic mass is 16.1. The van der Waals surface area contributed by atoms with E-state index in [2.05, 4.69) is 30.2 Å². The summed E-state index contributed by atoms with van der Waals surface area (Å²) >= 11 is 0. The van der Waals surface area contributed by atoms with Crippen LogP contribution in [0.1, 0.15) is 40.4 Å². The highest BCUT2D eigenvalue weighted by molar-refractivity contribution is 5.93. The SMILES string of the molecule is Cc1ncc(CN2CCC(CNC(=O)c3nc[nH]c3C)CC2)cn1. The number of aromatic amines is 1. The first-order valence-corrected chi connectivity index (χ1v) is 8.40. The molecule has 2 aromatic heterocycles. The minimum Gasteiger partial charge on any atom is -0.350 e. The van der Waals surface area contributed by atoms with Gasteiger partial charge in [0.1, 0.15) is 11.5 Å². The van der Waals surface area contributed by atoms with Crippen LogP contribution in [-0.4, -0.2) is 50.4 Å². The molecule has 1 aliphatic heterocycles. The Kier molecular flexibility index (Phi) is 5.20. The van der Waals surface area contributed by atoms with Crippen LogP contribution in [-0.2, 0) is 6.54 Å². The summed E-state index contributed by atoms with van der Waals surface area (Å²) in [5.41, 5.74) is 2.45. The Morgan fingerprint density at radius 1 is 1.25 bits per heavy atom. The third-order valence-electron chi connectivity index (χ3n) is 4.54. The van der Waals surface area contributed by atoms with Gasteiger partial charge in [-0.25, -0.2) is 15.0 Å². The lowest BCUT2D eigenvalue weighted by atomic mass is 9.96. The van der Waals surface area contributed by atoms with E-state index in [-0.39, 0.29) is 5.91 Å². The largest absolute Gasteiger partial charge is 0.350 e. The molecule has 0 saturated carbocycles. The minimum absolute atomic E-state index is 0.0898. The Bertz CT molecular complexity index is 673. The van der Waals surface area contributed by atoms with Crippen molar-refractivity contribution in [2.45, 2.75) is 33.2 Å². The van der Waals surface area contributed by atoms with E-state index in [0.29, 0.717) is 18.2 Å². The minimum atomic E-state index is -0.0898. The summed E-state index contributed by atoms with van der Waals surface area (Å²) in [4.78, 5) is 30.0. The van der Waals surface area contributed by atoms with Crippen molar-refractivity contribution in [1.82, 2.24) is 30.2 Å². The Hall–Kier alpha value is -2.28. The molecular weight excluding hydrogens is 304 g/mol. The number of nitrogens with one attached hydrogen (secondary N) is 2. The van der Waals surface area contributed by atoms with Gasteiger partial charge in [-0.1, -0.05) is 0 Å². The zero-order chi connectivity index (χ0) is 16.9. The molecule has 1 fully saturated rings. The second kappa shape index (κ2) is 7.53. The van der Waals surface area contributed by atoms with Crippen LogP contribution in [0.2, 0.25) is 0 Å². The normalized spacial score (nSPS) is 16.2. The molecule has 24 heavy (non-hydrogen) atoms. The first kappa shape index (κ1) is 16.6. The zero-order valence-electron chi connectivity index (χ0n) is 14.2. The average molecular weight is 328 g/mol. The highest BCUT2D eigenvalue weighted by Crippen LogP contribution is 2.18. The van der Waals surface area contributed by atoms with Gasteiger partial charge in [-0.05, 0) is 45.7 Å². The molecule has 2 aromatic rings. The maximum atomic E-state index is 12.1. The molecule has 7 nitrogen and oxygen atoms in total. The Balaban J connectivity index is 1.41. The molecule has 0 radical (unpaired) electrons. The molecule has 0 atom stereocenters. The lowest BCUT2D eigenvalue weighted by Crippen LogP contribution is -2.38. The van der Waals surface area contributed by atoms with Crippen LogP contribution < -0.4 is 5.32 Å². The van der Waals surface area contributed by atoms with Crippen LogP contribution >= 0.6 is 0 Å². The summed E-state index contributed by atoms with van der Waals surface area (Å²) in [6, 6.07) is 0. The maximum Gasteiger partial charge on any atom is 0.271 e. The summed E-state index contributed by atoms with van der Waals surface area (Å²) in [6.07, 6.45) is 7.54. The lowest BCUT2D eigenvalue weighted by molar-refractivity contribution is 0.0930. The highest BCUT2D eigenvalue weighted by Gasteiger charge is 2.21. The predicted octanol–water partition coefficient (Wildman–Crippen LogP) is 1.46. The smallest absolute Gasteiger partial charge is 0.271 e. The van der Waals surface area contributed by atoms with Crippen LogP contribution in [0.25, 0.3) is 0 Å². The van der Waals surface area contributed by atoms with Gasteiger partial charge < -0.3 is 10.3 Å². The third-order valence-corrected chi connectivity index (χ3v) is 4.54. The summed E-state index contributed by atoms with van der Waals surface area (Å²) in [6.45, 7) is 7.44. The van der Waals surface area contributed by atoms with Crippen LogP contribution in [0.3, 0.4) is 0 Å². The molecule has 2 N–H and O–H groups in total. The topological polar surface area (TPSA) is 86.8 Å². The van der Waals surface area contributed by atoms with E-state index in [4.69, 9.17) is 0 Å². The summed E-state index contributed by atoms with van der Waals surface area (Å²) in [5.74, 6) is 1.24. The van der Waals surface area contributed by atoms with Gasteiger partial charge >= 0.3 is 0 Å². The standard InChI is InChI=1S/C17H24N6O/c1-12-16(22-11-21-12)17(24)20-7-14-3-5-23(6-4-14)10-15-8-18-13(2)19-9-15/h8-9,11,14H,3-7,10H2,1-2H3,(H,20,24)(H,21,22). The van der Waals surface area contributed by atoms with E-state index in [1.165, 1.54) is 0 Å². The molecule has 1 saturated heterocycles. The molecule has 0 bridgehead atoms. The Morgan fingerprint density at radius 2 is 1.96 bits per heavy atom. The zero-order valence-corrected chi connectivity index (χ0v) is 14.2. The van der Waals surface area contributed by atoms with Gasteiger partial charge in [0.05, 0.1) is 6.33 Å². The molecular formula is C17H24N6O. The van der Waals surface area contributed by atoms with Crippen molar-refractivity contribution in [2.24, 2.45) is 5.92 Å². The molecule has 3 rings (SSSR count). The average Bonchev–Trinajstić information content (AvgIpc) is 3.02. The Morgan fingerprint density at radius 3 is 2.58 bits per heavy atom. The molecule has 1 amide bonds. The van der Waals surface area contributed by atoms with E-state index in [1.54, 1.807) is 6.33 Å².